The fourth-order valence-corrected chi connectivity index (χ4v) is 12.9. The van der Waals surface area contributed by atoms with Crippen LogP contribution in [0.15, 0.2) is 71.8 Å². The summed E-state index contributed by atoms with van der Waals surface area (Å²) in [5.41, 5.74) is 4.53. The van der Waals surface area contributed by atoms with Crippen molar-refractivity contribution >= 4 is 44.0 Å². The number of hydrogen-bond acceptors (Lipinski definition) is 11. The van der Waals surface area contributed by atoms with E-state index in [-0.39, 0.29) is 63.3 Å². The molecule has 2 aliphatic carbocycles. The highest BCUT2D eigenvalue weighted by Gasteiger charge is 2.49. The molecule has 3 aromatic carbocycles. The van der Waals surface area contributed by atoms with Crippen molar-refractivity contribution in [2.45, 2.75) is 121 Å². The molecule has 14 nitrogen and oxygen atoms in total. The van der Waals surface area contributed by atoms with Gasteiger partial charge in [0.2, 0.25) is 0 Å². The van der Waals surface area contributed by atoms with E-state index in [4.69, 9.17) is 9.47 Å². The maximum atomic E-state index is 14.8. The lowest BCUT2D eigenvalue weighted by Crippen LogP contribution is -2.63. The molecule has 3 atom stereocenters. The van der Waals surface area contributed by atoms with E-state index >= 15 is 0 Å². The van der Waals surface area contributed by atoms with Crippen LogP contribution in [-0.4, -0.2) is 79.0 Å². The smallest absolute Gasteiger partial charge is 0.297 e. The van der Waals surface area contributed by atoms with Gasteiger partial charge in [0, 0.05) is 62.3 Å². The minimum atomic E-state index is -4.69. The van der Waals surface area contributed by atoms with Crippen molar-refractivity contribution in [1.29, 1.82) is 0 Å². The average Bonchev–Trinajstić information content (AvgIpc) is 3.93. The molecule has 5 aliphatic rings. The Labute approximate surface area is 397 Å². The van der Waals surface area contributed by atoms with E-state index in [9.17, 15) is 27.7 Å². The minimum Gasteiger partial charge on any atom is -0.489 e. The van der Waals surface area contributed by atoms with Crippen molar-refractivity contribution in [3.8, 4) is 17.2 Å². The zero-order valence-corrected chi connectivity index (χ0v) is 40.4. The first-order valence-electron chi connectivity index (χ1n) is 24.3. The SMILES string of the molecule is Cc1nc2[nH]cc(F)c2cc1Oc1cc(N2CCC3(CC2)CN([C@H]2CCC[C@H]2c2ccccc2C(C)C)C3)ccc1C(=O)NS(=O)(=O)c1cc2c(c([N+](=O)[O-])c1)N[C@@H](C1CCC(C)(C)CC1)CO2. The minimum absolute atomic E-state index is 0.0243. The number of sulfonamides is 1. The molecule has 3 N–H and O–H groups in total. The van der Waals surface area contributed by atoms with Crippen molar-refractivity contribution in [3.63, 3.8) is 0 Å². The van der Waals surface area contributed by atoms with Crippen LogP contribution in [0.2, 0.25) is 0 Å². The highest BCUT2D eigenvalue weighted by Crippen LogP contribution is 2.50. The Bertz CT molecular complexity index is 2880. The van der Waals surface area contributed by atoms with Crippen LogP contribution >= 0.6 is 0 Å². The molecule has 2 aromatic heterocycles. The third-order valence-electron chi connectivity index (χ3n) is 15.9. The van der Waals surface area contributed by atoms with Crippen molar-refractivity contribution in [2.75, 3.05) is 43.0 Å². The third kappa shape index (κ3) is 8.78. The van der Waals surface area contributed by atoms with Crippen LogP contribution in [0.3, 0.4) is 0 Å². The van der Waals surface area contributed by atoms with Crippen LogP contribution < -0.4 is 24.4 Å². The van der Waals surface area contributed by atoms with Gasteiger partial charge in [-0.15, -0.1) is 0 Å². The number of nitro groups is 1. The summed E-state index contributed by atoms with van der Waals surface area (Å²) >= 11 is 0. The van der Waals surface area contributed by atoms with Gasteiger partial charge in [-0.2, -0.15) is 0 Å². The molecule has 3 aliphatic heterocycles. The van der Waals surface area contributed by atoms with Crippen LogP contribution in [0, 0.1) is 39.6 Å². The Morgan fingerprint density at radius 1 is 1.00 bits per heavy atom. The number of amides is 1. The highest BCUT2D eigenvalue weighted by molar-refractivity contribution is 7.90. The molecule has 5 heterocycles. The number of nitrogens with one attached hydrogen (secondary N) is 3. The van der Waals surface area contributed by atoms with Crippen molar-refractivity contribution in [2.24, 2.45) is 16.7 Å². The molecule has 2 saturated heterocycles. The van der Waals surface area contributed by atoms with Gasteiger partial charge < -0.3 is 24.7 Å². The first-order valence-corrected chi connectivity index (χ1v) is 25.8. The van der Waals surface area contributed by atoms with Gasteiger partial charge in [-0.3, -0.25) is 19.8 Å². The number of nitro benzene ring substituents is 1. The van der Waals surface area contributed by atoms with E-state index in [1.807, 2.05) is 0 Å². The lowest BCUT2D eigenvalue weighted by molar-refractivity contribution is -0.384. The van der Waals surface area contributed by atoms with Crippen LogP contribution in [0.5, 0.6) is 17.2 Å². The van der Waals surface area contributed by atoms with Crippen LogP contribution in [0.4, 0.5) is 21.5 Å². The predicted molar refractivity (Wildman–Crippen MR) is 260 cm³/mol. The molecule has 1 spiro atoms. The van der Waals surface area contributed by atoms with Gasteiger partial charge in [-0.25, -0.2) is 22.5 Å². The largest absolute Gasteiger partial charge is 0.489 e. The molecule has 2 saturated carbocycles. The van der Waals surface area contributed by atoms with E-state index in [2.05, 4.69) is 81.8 Å². The number of rotatable bonds is 11. The topological polar surface area (TPSA) is 172 Å². The van der Waals surface area contributed by atoms with Crippen LogP contribution in [-0.2, 0) is 10.0 Å². The predicted octanol–water partition coefficient (Wildman–Crippen LogP) is 10.6. The first kappa shape index (κ1) is 46.0. The number of aryl methyl sites for hydroxylation is 1. The van der Waals surface area contributed by atoms with E-state index in [0.717, 1.165) is 76.5 Å². The monoisotopic (exact) mass is 947 g/mol. The molecule has 1 amide bonds. The summed E-state index contributed by atoms with van der Waals surface area (Å²) < 4.78 is 57.5. The van der Waals surface area contributed by atoms with Gasteiger partial charge in [0.1, 0.15) is 29.6 Å². The Morgan fingerprint density at radius 2 is 1.75 bits per heavy atom. The normalized spacial score (nSPS) is 22.6. The number of pyridine rings is 1. The number of aromatic nitrogens is 2. The lowest BCUT2D eigenvalue weighted by Gasteiger charge is -2.57. The second-order valence-electron chi connectivity index (χ2n) is 21.2. The Kier molecular flexibility index (Phi) is 11.9. The van der Waals surface area contributed by atoms with Gasteiger partial charge in [-0.1, -0.05) is 58.4 Å². The van der Waals surface area contributed by atoms with E-state index in [0.29, 0.717) is 29.2 Å². The highest BCUT2D eigenvalue weighted by atomic mass is 32.2. The zero-order valence-electron chi connectivity index (χ0n) is 39.6. The van der Waals surface area contributed by atoms with Crippen molar-refractivity contribution < 1.29 is 32.0 Å². The molecule has 10 rings (SSSR count). The standard InChI is InChI=1S/C52H62FN7O7S/c1-31(2)36-9-6-7-10-37(36)38-11-8-12-43(38)59-29-52(30-59)19-21-58(22-20-52)34-13-14-39(46(23-34)67-45-26-40-41(53)27-54-49(40)55-32(45)3)50(61)57-68(64,65)35-24-44(60(62)63)48-47(25-35)66-28-42(56-48)33-15-17-51(4,5)18-16-33/h6-7,9-10,13-14,23-27,31,33,38,42-43,56H,8,11-12,15-22,28-30H2,1-5H3,(H,54,55)(H,57,61)/t38-,42+,43-/m0/s1. The first-order chi connectivity index (χ1) is 32.5. The van der Waals surface area contributed by atoms with Gasteiger partial charge in [0.25, 0.3) is 21.6 Å². The number of piperidine rings is 1. The zero-order chi connectivity index (χ0) is 47.7. The number of carbonyl (C=O) groups excluding carboxylic acids is 1. The summed E-state index contributed by atoms with van der Waals surface area (Å²) in [7, 11) is -4.69. The number of nitrogens with zero attached hydrogens (tertiary/aromatic N) is 4. The number of anilines is 2. The molecule has 0 unspecified atom stereocenters. The van der Waals surface area contributed by atoms with E-state index < -0.39 is 37.3 Å². The summed E-state index contributed by atoms with van der Waals surface area (Å²) in [5, 5.41) is 15.9. The van der Waals surface area contributed by atoms with Crippen LogP contribution in [0.1, 0.15) is 124 Å². The summed E-state index contributed by atoms with van der Waals surface area (Å²) in [5.74, 6) is -0.000373. The Morgan fingerprint density at radius 3 is 2.49 bits per heavy atom. The maximum absolute atomic E-state index is 14.8. The fraction of sp³-hybridized carbons (Fsp3) is 0.500. The van der Waals surface area contributed by atoms with Crippen LogP contribution in [0.25, 0.3) is 11.0 Å². The summed E-state index contributed by atoms with van der Waals surface area (Å²) in [4.78, 5) is 37.8. The number of benzene rings is 3. The summed E-state index contributed by atoms with van der Waals surface area (Å²) in [6.45, 7) is 14.7. The van der Waals surface area contributed by atoms with E-state index in [1.54, 1.807) is 19.1 Å². The van der Waals surface area contributed by atoms with Crippen molar-refractivity contribution in [3.05, 3.63) is 105 Å². The van der Waals surface area contributed by atoms with Crippen molar-refractivity contribution in [1.82, 2.24) is 19.6 Å². The molecular formula is C52H62FN7O7S. The number of likely N-dealkylation sites (tertiary alicyclic amines) is 1. The summed E-state index contributed by atoms with van der Waals surface area (Å²) in [6, 6.07) is 18.0. The second-order valence-corrected chi connectivity index (χ2v) is 22.9. The molecule has 68 heavy (non-hydrogen) atoms. The Hall–Kier alpha value is -5.74. The molecule has 16 heteroatoms. The number of halogens is 1. The second kappa shape index (κ2) is 17.7. The summed E-state index contributed by atoms with van der Waals surface area (Å²) in [6.07, 6.45) is 10.9. The molecular weight excluding hydrogens is 886 g/mol. The number of aromatic amines is 1. The quantitative estimate of drug-likeness (QED) is 0.0850. The van der Waals surface area contributed by atoms with Gasteiger partial charge >= 0.3 is 0 Å². The number of hydrogen-bond donors (Lipinski definition) is 3. The maximum Gasteiger partial charge on any atom is 0.297 e. The lowest BCUT2D eigenvalue weighted by atomic mass is 9.70. The molecule has 4 fully saturated rings. The molecule has 5 aromatic rings. The molecule has 0 radical (unpaired) electrons. The number of H-pyrrole nitrogens is 1. The third-order valence-corrected chi connectivity index (χ3v) is 17.2. The number of fused-ring (bicyclic) bond motifs is 2. The number of carbonyl (C=O) groups is 1. The molecule has 360 valence electrons. The molecule has 0 bridgehead atoms. The van der Waals surface area contributed by atoms with E-state index in [1.165, 1.54) is 54.8 Å². The van der Waals surface area contributed by atoms with Gasteiger partial charge in [0.15, 0.2) is 11.4 Å². The van der Waals surface area contributed by atoms with Gasteiger partial charge in [0.05, 0.1) is 32.5 Å². The fourth-order valence-electron chi connectivity index (χ4n) is 11.9. The average molecular weight is 948 g/mol. The van der Waals surface area contributed by atoms with Gasteiger partial charge in [-0.05, 0) is 116 Å². The number of ether oxygens (including phenoxy) is 2. The Balaban J connectivity index is 0.874.